The maximum absolute atomic E-state index is 9.25. The average molecular weight is 282 g/mol. The largest absolute Gasteiger partial charge is 0.396 e. The fourth-order valence-corrected chi connectivity index (χ4v) is 4.36. The molecule has 0 aromatic heterocycles. The van der Waals surface area contributed by atoms with E-state index in [1.807, 2.05) is 0 Å². The highest BCUT2D eigenvalue weighted by Gasteiger charge is 2.35. The third-order valence-electron chi connectivity index (χ3n) is 5.58. The van der Waals surface area contributed by atoms with Crippen LogP contribution in [-0.2, 0) is 0 Å². The first-order valence-electron chi connectivity index (χ1n) is 8.70. The zero-order chi connectivity index (χ0) is 14.5. The predicted molar refractivity (Wildman–Crippen MR) is 84.8 cm³/mol. The van der Waals surface area contributed by atoms with Gasteiger partial charge in [-0.15, -0.1) is 0 Å². The van der Waals surface area contributed by atoms with Gasteiger partial charge in [0.15, 0.2) is 0 Å². The maximum Gasteiger partial charge on any atom is 0.0460 e. The summed E-state index contributed by atoms with van der Waals surface area (Å²) >= 11 is 0. The molecule has 4 unspecified atom stereocenters. The second-order valence-corrected chi connectivity index (χ2v) is 7.31. The summed E-state index contributed by atoms with van der Waals surface area (Å²) in [5.41, 5.74) is 0. The number of piperidine rings is 1. The van der Waals surface area contributed by atoms with Crippen molar-refractivity contribution in [1.82, 2.24) is 10.2 Å². The second-order valence-electron chi connectivity index (χ2n) is 7.31. The van der Waals surface area contributed by atoms with Crippen LogP contribution in [0, 0.1) is 23.7 Å². The fourth-order valence-electron chi connectivity index (χ4n) is 4.36. The van der Waals surface area contributed by atoms with Crippen LogP contribution in [0.2, 0.25) is 0 Å². The van der Waals surface area contributed by atoms with Gasteiger partial charge < -0.3 is 15.3 Å². The van der Waals surface area contributed by atoms with E-state index in [2.05, 4.69) is 31.0 Å². The standard InChI is InChI=1S/C17H34N2O/c1-4-18-17-10-13(2)9-14(3)16(17)11-19-7-5-15(12-20)6-8-19/h13-18,20H,4-12H2,1-3H3. The maximum atomic E-state index is 9.25. The molecule has 0 aromatic carbocycles. The van der Waals surface area contributed by atoms with Crippen molar-refractivity contribution in [3.63, 3.8) is 0 Å². The number of nitrogens with zero attached hydrogens (tertiary/aromatic N) is 1. The van der Waals surface area contributed by atoms with Gasteiger partial charge in [-0.05, 0) is 69.0 Å². The van der Waals surface area contributed by atoms with E-state index in [0.29, 0.717) is 18.6 Å². The van der Waals surface area contributed by atoms with Crippen molar-refractivity contribution >= 4 is 0 Å². The van der Waals surface area contributed by atoms with E-state index < -0.39 is 0 Å². The zero-order valence-corrected chi connectivity index (χ0v) is 13.6. The monoisotopic (exact) mass is 282 g/mol. The summed E-state index contributed by atoms with van der Waals surface area (Å²) in [5.74, 6) is 3.06. The number of nitrogens with one attached hydrogen (secondary N) is 1. The minimum Gasteiger partial charge on any atom is -0.396 e. The summed E-state index contributed by atoms with van der Waals surface area (Å²) in [7, 11) is 0. The summed E-state index contributed by atoms with van der Waals surface area (Å²) in [6, 6.07) is 0.703. The van der Waals surface area contributed by atoms with E-state index in [-0.39, 0.29) is 0 Å². The molecule has 1 aliphatic carbocycles. The molecule has 0 spiro atoms. The van der Waals surface area contributed by atoms with E-state index in [4.69, 9.17) is 0 Å². The van der Waals surface area contributed by atoms with Gasteiger partial charge in [0.2, 0.25) is 0 Å². The first-order chi connectivity index (χ1) is 9.63. The van der Waals surface area contributed by atoms with Crippen LogP contribution in [0.1, 0.15) is 46.5 Å². The van der Waals surface area contributed by atoms with Crippen LogP contribution < -0.4 is 5.32 Å². The van der Waals surface area contributed by atoms with Crippen molar-refractivity contribution in [2.75, 3.05) is 32.8 Å². The van der Waals surface area contributed by atoms with Crippen molar-refractivity contribution in [3.05, 3.63) is 0 Å². The third-order valence-corrected chi connectivity index (χ3v) is 5.58. The number of aliphatic hydroxyl groups excluding tert-OH is 1. The molecular weight excluding hydrogens is 248 g/mol. The topological polar surface area (TPSA) is 35.5 Å². The Labute approximate surface area is 125 Å². The molecule has 3 heteroatoms. The van der Waals surface area contributed by atoms with E-state index in [1.165, 1.54) is 45.3 Å². The normalized spacial score (nSPS) is 37.2. The summed E-state index contributed by atoms with van der Waals surface area (Å²) in [5, 5.41) is 13.0. The molecular formula is C17H34N2O. The Morgan fingerprint density at radius 3 is 2.45 bits per heavy atom. The predicted octanol–water partition coefficient (Wildman–Crippen LogP) is 2.35. The Balaban J connectivity index is 1.88. The van der Waals surface area contributed by atoms with Gasteiger partial charge >= 0.3 is 0 Å². The molecule has 1 saturated carbocycles. The van der Waals surface area contributed by atoms with Gasteiger partial charge in [-0.2, -0.15) is 0 Å². The number of hydrogen-bond acceptors (Lipinski definition) is 3. The van der Waals surface area contributed by atoms with Crippen LogP contribution in [0.3, 0.4) is 0 Å². The fraction of sp³-hybridized carbons (Fsp3) is 1.00. The van der Waals surface area contributed by atoms with E-state index in [1.54, 1.807) is 0 Å². The second kappa shape index (κ2) is 7.77. The van der Waals surface area contributed by atoms with Crippen LogP contribution in [0.15, 0.2) is 0 Å². The Morgan fingerprint density at radius 1 is 1.15 bits per heavy atom. The average Bonchev–Trinajstić information content (AvgIpc) is 2.43. The summed E-state index contributed by atoms with van der Waals surface area (Å²) in [6.45, 7) is 12.2. The van der Waals surface area contributed by atoms with Crippen LogP contribution in [0.25, 0.3) is 0 Å². The van der Waals surface area contributed by atoms with E-state index in [9.17, 15) is 5.11 Å². The van der Waals surface area contributed by atoms with Crippen LogP contribution in [0.4, 0.5) is 0 Å². The highest BCUT2D eigenvalue weighted by molar-refractivity contribution is 4.89. The number of likely N-dealkylation sites (tertiary alicyclic amines) is 1. The molecule has 20 heavy (non-hydrogen) atoms. The lowest BCUT2D eigenvalue weighted by Gasteiger charge is -2.43. The minimum absolute atomic E-state index is 0.380. The molecule has 0 radical (unpaired) electrons. The van der Waals surface area contributed by atoms with Crippen molar-refractivity contribution in [2.45, 2.75) is 52.5 Å². The molecule has 1 saturated heterocycles. The SMILES string of the molecule is CCNC1CC(C)CC(C)C1CN1CCC(CO)CC1. The van der Waals surface area contributed by atoms with Crippen molar-refractivity contribution in [3.8, 4) is 0 Å². The molecule has 2 rings (SSSR count). The zero-order valence-electron chi connectivity index (χ0n) is 13.6. The van der Waals surface area contributed by atoms with Gasteiger partial charge in [-0.1, -0.05) is 20.8 Å². The van der Waals surface area contributed by atoms with Crippen molar-refractivity contribution < 1.29 is 5.11 Å². The highest BCUT2D eigenvalue weighted by atomic mass is 16.3. The number of aliphatic hydroxyl groups is 1. The number of rotatable bonds is 5. The molecule has 118 valence electrons. The van der Waals surface area contributed by atoms with Crippen LogP contribution >= 0.6 is 0 Å². The lowest BCUT2D eigenvalue weighted by Crippen LogP contribution is -2.50. The molecule has 1 heterocycles. The molecule has 4 atom stereocenters. The number of hydrogen-bond donors (Lipinski definition) is 2. The van der Waals surface area contributed by atoms with E-state index >= 15 is 0 Å². The molecule has 0 bridgehead atoms. The van der Waals surface area contributed by atoms with Gasteiger partial charge in [0.1, 0.15) is 0 Å². The van der Waals surface area contributed by atoms with Gasteiger partial charge in [0, 0.05) is 19.2 Å². The molecule has 0 aromatic rings. The van der Waals surface area contributed by atoms with E-state index in [0.717, 1.165) is 24.3 Å². The van der Waals surface area contributed by atoms with Gasteiger partial charge in [-0.25, -0.2) is 0 Å². The molecule has 2 aliphatic rings. The van der Waals surface area contributed by atoms with Crippen molar-refractivity contribution in [2.24, 2.45) is 23.7 Å². The molecule has 0 amide bonds. The first kappa shape index (κ1) is 16.3. The Morgan fingerprint density at radius 2 is 1.85 bits per heavy atom. The quantitative estimate of drug-likeness (QED) is 0.812. The minimum atomic E-state index is 0.380. The Kier molecular flexibility index (Phi) is 6.31. The molecule has 1 aliphatic heterocycles. The lowest BCUT2D eigenvalue weighted by molar-refractivity contribution is 0.0719. The van der Waals surface area contributed by atoms with Crippen LogP contribution in [0.5, 0.6) is 0 Å². The summed E-state index contributed by atoms with van der Waals surface area (Å²) in [6.07, 6.45) is 5.09. The lowest BCUT2D eigenvalue weighted by atomic mass is 9.72. The molecule has 2 N–H and O–H groups in total. The Bertz CT molecular complexity index is 276. The highest BCUT2D eigenvalue weighted by Crippen LogP contribution is 2.35. The van der Waals surface area contributed by atoms with Crippen LogP contribution in [-0.4, -0.2) is 48.8 Å². The third kappa shape index (κ3) is 4.19. The molecule has 2 fully saturated rings. The smallest absolute Gasteiger partial charge is 0.0460 e. The summed E-state index contributed by atoms with van der Waals surface area (Å²) < 4.78 is 0. The molecule has 3 nitrogen and oxygen atoms in total. The Hall–Kier alpha value is -0.120. The van der Waals surface area contributed by atoms with Gasteiger partial charge in [0.05, 0.1) is 0 Å². The van der Waals surface area contributed by atoms with Gasteiger partial charge in [0.25, 0.3) is 0 Å². The van der Waals surface area contributed by atoms with Crippen molar-refractivity contribution in [1.29, 1.82) is 0 Å². The summed E-state index contributed by atoms with van der Waals surface area (Å²) in [4.78, 5) is 2.65. The first-order valence-corrected chi connectivity index (χ1v) is 8.70. The van der Waals surface area contributed by atoms with Gasteiger partial charge in [-0.3, -0.25) is 0 Å².